The van der Waals surface area contributed by atoms with Crippen molar-refractivity contribution in [1.82, 2.24) is 20.2 Å². The van der Waals surface area contributed by atoms with E-state index < -0.39 is 12.0 Å². The Morgan fingerprint density at radius 2 is 2.19 bits per heavy atom. The third kappa shape index (κ3) is 3.99. The third-order valence-electron chi connectivity index (χ3n) is 2.91. The monoisotopic (exact) mass is 291 g/mol. The van der Waals surface area contributed by atoms with E-state index in [0.717, 1.165) is 5.69 Å². The summed E-state index contributed by atoms with van der Waals surface area (Å²) in [7, 11) is 1.58. The summed E-state index contributed by atoms with van der Waals surface area (Å²) in [5.41, 5.74) is 0.756. The van der Waals surface area contributed by atoms with E-state index in [9.17, 15) is 9.90 Å². The van der Waals surface area contributed by atoms with Gasteiger partial charge >= 0.3 is 5.97 Å². The number of tetrazole rings is 1. The van der Waals surface area contributed by atoms with Gasteiger partial charge in [-0.25, -0.2) is 4.79 Å². The predicted molar refractivity (Wildman–Crippen MR) is 75.3 cm³/mol. The van der Waals surface area contributed by atoms with Gasteiger partial charge in [0.1, 0.15) is 6.04 Å². The van der Waals surface area contributed by atoms with Crippen LogP contribution in [-0.2, 0) is 9.53 Å². The second-order valence-electron chi connectivity index (χ2n) is 4.42. The smallest absolute Gasteiger partial charge is 0.326 e. The number of carboxylic acid groups (broad SMARTS) is 1. The van der Waals surface area contributed by atoms with Crippen molar-refractivity contribution in [2.24, 2.45) is 0 Å². The fraction of sp³-hybridized carbons (Fsp3) is 0.385. The van der Waals surface area contributed by atoms with Gasteiger partial charge < -0.3 is 15.2 Å². The number of anilines is 1. The molecule has 2 N–H and O–H groups in total. The van der Waals surface area contributed by atoms with Gasteiger partial charge in [-0.3, -0.25) is 0 Å². The van der Waals surface area contributed by atoms with Crippen LogP contribution in [-0.4, -0.2) is 51.0 Å². The van der Waals surface area contributed by atoms with Gasteiger partial charge in [0.25, 0.3) is 0 Å². The molecular weight excluding hydrogens is 274 g/mol. The molecule has 112 valence electrons. The molecular formula is C13H17N5O3. The highest BCUT2D eigenvalue weighted by atomic mass is 16.5. The molecule has 8 nitrogen and oxygen atoms in total. The zero-order valence-electron chi connectivity index (χ0n) is 11.6. The Morgan fingerprint density at radius 3 is 2.86 bits per heavy atom. The maximum atomic E-state index is 11.3. The highest BCUT2D eigenvalue weighted by Gasteiger charge is 2.20. The van der Waals surface area contributed by atoms with Crippen LogP contribution in [0.5, 0.6) is 0 Å². The van der Waals surface area contributed by atoms with E-state index in [1.54, 1.807) is 7.11 Å². The molecule has 0 spiro atoms. The standard InChI is InChI=1S/C13H17N5O3/c1-21-9-5-8-11(12(19)20)14-13-15-16-17-18(13)10-6-3-2-4-7-10/h2-4,6-7,11H,5,8-9H2,1H3,(H,19,20)(H,14,15,17). The molecule has 2 aromatic rings. The molecule has 21 heavy (non-hydrogen) atoms. The van der Waals surface area contributed by atoms with Gasteiger partial charge in [-0.15, -0.1) is 0 Å². The number of nitrogens with one attached hydrogen (secondary N) is 1. The predicted octanol–water partition coefficient (Wildman–Crippen LogP) is 0.954. The van der Waals surface area contributed by atoms with Crippen LogP contribution in [0, 0.1) is 0 Å². The molecule has 0 saturated carbocycles. The molecule has 2 rings (SSSR count). The van der Waals surface area contributed by atoms with Crippen LogP contribution in [0.25, 0.3) is 5.69 Å². The van der Waals surface area contributed by atoms with Crippen molar-refractivity contribution in [3.05, 3.63) is 30.3 Å². The Balaban J connectivity index is 2.11. The summed E-state index contributed by atoms with van der Waals surface area (Å²) >= 11 is 0. The number of hydrogen-bond acceptors (Lipinski definition) is 6. The van der Waals surface area contributed by atoms with Crippen molar-refractivity contribution in [1.29, 1.82) is 0 Å². The molecule has 0 fully saturated rings. The van der Waals surface area contributed by atoms with Crippen LogP contribution in [0.1, 0.15) is 12.8 Å². The average Bonchev–Trinajstić information content (AvgIpc) is 2.95. The minimum Gasteiger partial charge on any atom is -0.480 e. The summed E-state index contributed by atoms with van der Waals surface area (Å²) in [6.07, 6.45) is 1.05. The minimum absolute atomic E-state index is 0.297. The number of nitrogens with zero attached hydrogens (tertiary/aromatic N) is 4. The maximum Gasteiger partial charge on any atom is 0.326 e. The Labute approximate surface area is 121 Å². The first-order valence-corrected chi connectivity index (χ1v) is 6.54. The number of para-hydroxylation sites is 1. The van der Waals surface area contributed by atoms with Crippen LogP contribution < -0.4 is 5.32 Å². The summed E-state index contributed by atoms with van der Waals surface area (Å²) in [6, 6.07) is 8.49. The van der Waals surface area contributed by atoms with Crippen molar-refractivity contribution >= 4 is 11.9 Å². The summed E-state index contributed by atoms with van der Waals surface area (Å²) in [5, 5.41) is 23.4. The average molecular weight is 291 g/mol. The summed E-state index contributed by atoms with van der Waals surface area (Å²) in [5.74, 6) is -0.653. The molecule has 1 aromatic carbocycles. The highest BCUT2D eigenvalue weighted by molar-refractivity contribution is 5.76. The van der Waals surface area contributed by atoms with Crippen LogP contribution >= 0.6 is 0 Å². The van der Waals surface area contributed by atoms with Crippen LogP contribution in [0.4, 0.5) is 5.95 Å². The zero-order chi connectivity index (χ0) is 15.1. The molecule has 1 unspecified atom stereocenters. The van der Waals surface area contributed by atoms with Gasteiger partial charge in [-0.2, -0.15) is 4.68 Å². The van der Waals surface area contributed by atoms with Crippen molar-refractivity contribution in [3.8, 4) is 5.69 Å². The number of carboxylic acids is 1. The number of aromatic nitrogens is 4. The Kier molecular flexibility index (Phi) is 5.22. The Bertz CT molecular complexity index is 572. The molecule has 1 heterocycles. The minimum atomic E-state index is -0.950. The lowest BCUT2D eigenvalue weighted by Gasteiger charge is -2.14. The van der Waals surface area contributed by atoms with Gasteiger partial charge in [-0.1, -0.05) is 23.3 Å². The number of methoxy groups -OCH3 is 1. The number of aliphatic carboxylic acids is 1. The molecule has 0 bridgehead atoms. The summed E-state index contributed by atoms with van der Waals surface area (Å²) in [6.45, 7) is 0.509. The Morgan fingerprint density at radius 1 is 1.43 bits per heavy atom. The molecule has 1 aromatic heterocycles. The van der Waals surface area contributed by atoms with Gasteiger partial charge in [-0.05, 0) is 35.4 Å². The molecule has 0 radical (unpaired) electrons. The van der Waals surface area contributed by atoms with E-state index in [-0.39, 0.29) is 0 Å². The number of carbonyl (C=O) groups is 1. The van der Waals surface area contributed by atoms with E-state index >= 15 is 0 Å². The van der Waals surface area contributed by atoms with Crippen molar-refractivity contribution < 1.29 is 14.6 Å². The molecule has 0 saturated heterocycles. The second kappa shape index (κ2) is 7.34. The Hall–Kier alpha value is -2.48. The summed E-state index contributed by atoms with van der Waals surface area (Å²) < 4.78 is 6.40. The SMILES string of the molecule is COCCCC(Nc1nnnn1-c1ccccc1)C(=O)O. The molecule has 0 amide bonds. The lowest BCUT2D eigenvalue weighted by atomic mass is 10.1. The lowest BCUT2D eigenvalue weighted by Crippen LogP contribution is -2.31. The van der Waals surface area contributed by atoms with Crippen molar-refractivity contribution in [3.63, 3.8) is 0 Å². The van der Waals surface area contributed by atoms with Crippen LogP contribution in [0.2, 0.25) is 0 Å². The first-order chi connectivity index (χ1) is 10.2. The lowest BCUT2D eigenvalue weighted by molar-refractivity contribution is -0.138. The maximum absolute atomic E-state index is 11.3. The molecule has 8 heteroatoms. The van der Waals surface area contributed by atoms with Gasteiger partial charge in [0, 0.05) is 13.7 Å². The molecule has 1 atom stereocenters. The molecule has 0 aliphatic heterocycles. The first-order valence-electron chi connectivity index (χ1n) is 6.54. The highest BCUT2D eigenvalue weighted by Crippen LogP contribution is 2.13. The van der Waals surface area contributed by atoms with Crippen molar-refractivity contribution in [2.45, 2.75) is 18.9 Å². The number of ether oxygens (including phenoxy) is 1. The fourth-order valence-corrected chi connectivity index (χ4v) is 1.87. The van der Waals surface area contributed by atoms with Gasteiger partial charge in [0.15, 0.2) is 0 Å². The normalized spacial score (nSPS) is 12.0. The largest absolute Gasteiger partial charge is 0.480 e. The van der Waals surface area contributed by atoms with Crippen LogP contribution in [0.15, 0.2) is 30.3 Å². The van der Waals surface area contributed by atoms with Crippen molar-refractivity contribution in [2.75, 3.05) is 19.0 Å². The third-order valence-corrected chi connectivity index (χ3v) is 2.91. The van der Waals surface area contributed by atoms with Gasteiger partial charge in [0.05, 0.1) is 5.69 Å². The van der Waals surface area contributed by atoms with E-state index in [2.05, 4.69) is 20.8 Å². The fourth-order valence-electron chi connectivity index (χ4n) is 1.87. The number of benzene rings is 1. The van der Waals surface area contributed by atoms with Crippen LogP contribution in [0.3, 0.4) is 0 Å². The van der Waals surface area contributed by atoms with Gasteiger partial charge in [0.2, 0.25) is 5.95 Å². The topological polar surface area (TPSA) is 102 Å². The second-order valence-corrected chi connectivity index (χ2v) is 4.42. The number of rotatable bonds is 8. The van der Waals surface area contributed by atoms with E-state index in [0.29, 0.717) is 25.4 Å². The van der Waals surface area contributed by atoms with E-state index in [4.69, 9.17) is 4.74 Å². The first kappa shape index (κ1) is 14.9. The quantitative estimate of drug-likeness (QED) is 0.698. The zero-order valence-corrected chi connectivity index (χ0v) is 11.6. The molecule has 0 aliphatic carbocycles. The number of hydrogen-bond donors (Lipinski definition) is 2. The van der Waals surface area contributed by atoms with E-state index in [1.807, 2.05) is 30.3 Å². The summed E-state index contributed by atoms with van der Waals surface area (Å²) in [4.78, 5) is 11.3. The van der Waals surface area contributed by atoms with E-state index in [1.165, 1.54) is 4.68 Å². The molecule has 0 aliphatic rings.